The predicted octanol–water partition coefficient (Wildman–Crippen LogP) is 2.89. The van der Waals surface area contributed by atoms with Crippen LogP contribution in [-0.2, 0) is 27.4 Å². The highest BCUT2D eigenvalue weighted by Crippen LogP contribution is 2.10. The molecule has 0 aliphatic rings. The molecular formula is C25H24FN3O5. The monoisotopic (exact) mass is 465 g/mol. The van der Waals surface area contributed by atoms with Crippen molar-refractivity contribution in [2.45, 2.75) is 19.1 Å². The second-order valence-corrected chi connectivity index (χ2v) is 7.23. The van der Waals surface area contributed by atoms with Crippen LogP contribution in [0.1, 0.15) is 11.1 Å². The summed E-state index contributed by atoms with van der Waals surface area (Å²) in [5.74, 6) is -1.41. The summed E-state index contributed by atoms with van der Waals surface area (Å²) < 4.78 is 23.4. The number of amides is 3. The quantitative estimate of drug-likeness (QED) is 0.422. The Morgan fingerprint density at radius 3 is 2.06 bits per heavy atom. The fourth-order valence-corrected chi connectivity index (χ4v) is 2.90. The van der Waals surface area contributed by atoms with Gasteiger partial charge in [-0.15, -0.1) is 0 Å². The number of benzene rings is 3. The minimum Gasteiger partial charge on any atom is -0.484 e. The largest absolute Gasteiger partial charge is 0.484 e. The van der Waals surface area contributed by atoms with Crippen LogP contribution >= 0.6 is 0 Å². The van der Waals surface area contributed by atoms with Crippen LogP contribution in [0.4, 0.5) is 9.18 Å². The Bertz CT molecular complexity index is 1080. The van der Waals surface area contributed by atoms with E-state index in [1.807, 2.05) is 60.7 Å². The normalized spacial score (nSPS) is 11.1. The highest BCUT2D eigenvalue weighted by Gasteiger charge is 2.22. The first-order chi connectivity index (χ1) is 16.5. The second kappa shape index (κ2) is 12.6. The highest BCUT2D eigenvalue weighted by atomic mass is 19.1. The molecule has 0 heterocycles. The van der Waals surface area contributed by atoms with E-state index in [1.54, 1.807) is 0 Å². The smallest absolute Gasteiger partial charge is 0.408 e. The summed E-state index contributed by atoms with van der Waals surface area (Å²) >= 11 is 0. The third-order valence-corrected chi connectivity index (χ3v) is 4.61. The summed E-state index contributed by atoms with van der Waals surface area (Å²) in [6.07, 6.45) is -0.597. The van der Waals surface area contributed by atoms with Gasteiger partial charge in [-0.2, -0.15) is 0 Å². The lowest BCUT2D eigenvalue weighted by atomic mass is 10.1. The van der Waals surface area contributed by atoms with Gasteiger partial charge >= 0.3 is 6.09 Å². The molecule has 0 saturated heterocycles. The van der Waals surface area contributed by atoms with Crippen molar-refractivity contribution in [1.29, 1.82) is 0 Å². The molecule has 0 unspecified atom stereocenters. The zero-order valence-electron chi connectivity index (χ0n) is 18.2. The number of nitrogens with one attached hydrogen (secondary N) is 3. The zero-order valence-corrected chi connectivity index (χ0v) is 18.2. The van der Waals surface area contributed by atoms with E-state index in [9.17, 15) is 18.8 Å². The van der Waals surface area contributed by atoms with Crippen molar-refractivity contribution >= 4 is 17.9 Å². The number of ether oxygens (including phenoxy) is 2. The van der Waals surface area contributed by atoms with Crippen molar-refractivity contribution in [3.05, 3.63) is 102 Å². The van der Waals surface area contributed by atoms with Crippen molar-refractivity contribution in [2.75, 3.05) is 6.61 Å². The van der Waals surface area contributed by atoms with Crippen molar-refractivity contribution < 1.29 is 28.2 Å². The zero-order chi connectivity index (χ0) is 24.2. The molecule has 0 aliphatic carbocycles. The van der Waals surface area contributed by atoms with Crippen LogP contribution in [0.5, 0.6) is 5.75 Å². The van der Waals surface area contributed by atoms with E-state index in [4.69, 9.17) is 9.47 Å². The number of hydrazine groups is 1. The van der Waals surface area contributed by atoms with Gasteiger partial charge in [0.05, 0.1) is 0 Å². The van der Waals surface area contributed by atoms with E-state index in [0.717, 1.165) is 11.1 Å². The van der Waals surface area contributed by atoms with E-state index < -0.39 is 36.4 Å². The molecule has 176 valence electrons. The van der Waals surface area contributed by atoms with Gasteiger partial charge in [0.15, 0.2) is 6.61 Å². The molecule has 34 heavy (non-hydrogen) atoms. The minimum absolute atomic E-state index is 0.0454. The van der Waals surface area contributed by atoms with Crippen molar-refractivity contribution in [1.82, 2.24) is 16.2 Å². The summed E-state index contributed by atoms with van der Waals surface area (Å²) in [5.41, 5.74) is 6.11. The van der Waals surface area contributed by atoms with E-state index in [1.165, 1.54) is 24.3 Å². The molecule has 0 aromatic heterocycles. The predicted molar refractivity (Wildman–Crippen MR) is 122 cm³/mol. The lowest BCUT2D eigenvalue weighted by Gasteiger charge is -2.19. The van der Waals surface area contributed by atoms with Crippen LogP contribution in [0.2, 0.25) is 0 Å². The summed E-state index contributed by atoms with van der Waals surface area (Å²) in [7, 11) is 0. The Kier molecular flexibility index (Phi) is 8.98. The molecule has 8 nitrogen and oxygen atoms in total. The topological polar surface area (TPSA) is 106 Å². The van der Waals surface area contributed by atoms with Crippen LogP contribution < -0.4 is 20.9 Å². The molecule has 0 aliphatic heterocycles. The van der Waals surface area contributed by atoms with Gasteiger partial charge in [0.2, 0.25) is 0 Å². The first kappa shape index (κ1) is 24.2. The molecular weight excluding hydrogens is 441 g/mol. The van der Waals surface area contributed by atoms with Gasteiger partial charge in [-0.25, -0.2) is 9.18 Å². The van der Waals surface area contributed by atoms with Gasteiger partial charge in [0.25, 0.3) is 11.8 Å². The number of rotatable bonds is 9. The molecule has 3 N–H and O–H groups in total. The third kappa shape index (κ3) is 8.27. The number of halogens is 1. The number of hydrogen-bond acceptors (Lipinski definition) is 5. The van der Waals surface area contributed by atoms with E-state index in [-0.39, 0.29) is 13.0 Å². The van der Waals surface area contributed by atoms with Gasteiger partial charge in [-0.3, -0.25) is 20.4 Å². The average molecular weight is 465 g/mol. The average Bonchev–Trinajstić information content (AvgIpc) is 2.86. The Morgan fingerprint density at radius 1 is 0.794 bits per heavy atom. The van der Waals surface area contributed by atoms with Crippen molar-refractivity contribution in [3.8, 4) is 5.75 Å². The SMILES string of the molecule is O=C(COc1ccc(F)cc1)NNC(=O)[C@H](Cc1ccccc1)NC(=O)OCc1ccccc1. The molecule has 3 aromatic rings. The molecule has 9 heteroatoms. The van der Waals surface area contributed by atoms with Crippen LogP contribution in [0.25, 0.3) is 0 Å². The van der Waals surface area contributed by atoms with Crippen LogP contribution in [0.15, 0.2) is 84.9 Å². The van der Waals surface area contributed by atoms with E-state index in [2.05, 4.69) is 16.2 Å². The van der Waals surface area contributed by atoms with Gasteiger partial charge in [0.1, 0.15) is 24.2 Å². The van der Waals surface area contributed by atoms with Gasteiger partial charge < -0.3 is 14.8 Å². The molecule has 1 atom stereocenters. The van der Waals surface area contributed by atoms with Crippen LogP contribution in [0.3, 0.4) is 0 Å². The van der Waals surface area contributed by atoms with Gasteiger partial charge in [0, 0.05) is 6.42 Å². The first-order valence-electron chi connectivity index (χ1n) is 10.5. The lowest BCUT2D eigenvalue weighted by Crippen LogP contribution is -2.53. The maximum atomic E-state index is 12.9. The molecule has 0 spiro atoms. The van der Waals surface area contributed by atoms with Gasteiger partial charge in [-0.05, 0) is 35.4 Å². The summed E-state index contributed by atoms with van der Waals surface area (Å²) in [4.78, 5) is 37.0. The molecule has 3 amide bonds. The number of alkyl carbamates (subject to hydrolysis) is 1. The Labute approximate surface area is 196 Å². The van der Waals surface area contributed by atoms with E-state index in [0.29, 0.717) is 5.75 Å². The maximum absolute atomic E-state index is 12.9. The van der Waals surface area contributed by atoms with Gasteiger partial charge in [-0.1, -0.05) is 60.7 Å². The second-order valence-electron chi connectivity index (χ2n) is 7.23. The number of carbonyl (C=O) groups is 3. The molecule has 0 saturated carbocycles. The lowest BCUT2D eigenvalue weighted by molar-refractivity contribution is -0.130. The molecule has 3 rings (SSSR count). The maximum Gasteiger partial charge on any atom is 0.408 e. The van der Waals surface area contributed by atoms with Crippen molar-refractivity contribution in [3.63, 3.8) is 0 Å². The first-order valence-corrected chi connectivity index (χ1v) is 10.5. The fourth-order valence-electron chi connectivity index (χ4n) is 2.90. The van der Waals surface area contributed by atoms with E-state index >= 15 is 0 Å². The molecule has 0 radical (unpaired) electrons. The van der Waals surface area contributed by atoms with Crippen molar-refractivity contribution in [2.24, 2.45) is 0 Å². The number of hydrogen-bond donors (Lipinski definition) is 3. The minimum atomic E-state index is -1.01. The standard InChI is InChI=1S/C25H24FN3O5/c26-20-11-13-21(14-12-20)33-17-23(30)28-29-24(31)22(15-18-7-3-1-4-8-18)27-25(32)34-16-19-9-5-2-6-10-19/h1-14,22H,15-17H2,(H,27,32)(H,28,30)(H,29,31)/t22-/m0/s1. The Hall–Kier alpha value is -4.40. The van der Waals surface area contributed by atoms with Crippen LogP contribution in [0, 0.1) is 5.82 Å². The molecule has 0 bridgehead atoms. The molecule has 0 fully saturated rings. The Morgan fingerprint density at radius 2 is 1.41 bits per heavy atom. The Balaban J connectivity index is 1.52. The molecule has 3 aromatic carbocycles. The summed E-state index contributed by atoms with van der Waals surface area (Å²) in [5, 5.41) is 2.53. The third-order valence-electron chi connectivity index (χ3n) is 4.61. The summed E-state index contributed by atoms with van der Waals surface area (Å²) in [6.45, 7) is -0.356. The highest BCUT2D eigenvalue weighted by molar-refractivity contribution is 5.88. The number of carbonyl (C=O) groups excluding carboxylic acids is 3. The van der Waals surface area contributed by atoms with Crippen LogP contribution in [-0.4, -0.2) is 30.6 Å². The summed E-state index contributed by atoms with van der Waals surface area (Å²) in [6, 6.07) is 22.3. The fraction of sp³-hybridized carbons (Fsp3) is 0.160.